The second kappa shape index (κ2) is 8.48. The number of halogens is 6. The van der Waals surface area contributed by atoms with E-state index in [1.54, 1.807) is 24.3 Å². The standard InChI is InChI=1S/C18H16ClF5N4O/c19-11-6-4-10(5-7-11)15-27-14-16(28(15)9-12(20)21)25-13(26-17(14)29)3-1-2-8-18(22,23)24/h4-7,12H,1-3,8-9H2,(H,25,26,29). The van der Waals surface area contributed by atoms with Gasteiger partial charge in [0.15, 0.2) is 11.2 Å². The average Bonchev–Trinajstić information content (AvgIpc) is 2.97. The summed E-state index contributed by atoms with van der Waals surface area (Å²) < 4.78 is 64.2. The van der Waals surface area contributed by atoms with Crippen molar-refractivity contribution in [1.82, 2.24) is 19.5 Å². The highest BCUT2D eigenvalue weighted by Crippen LogP contribution is 2.25. The SMILES string of the molecule is O=c1[nH]c(CCCCC(F)(F)F)nc2c1nc(-c1ccc(Cl)cc1)n2CC(F)F. The summed E-state index contributed by atoms with van der Waals surface area (Å²) in [5.74, 6) is 0.256. The van der Waals surface area contributed by atoms with Crippen LogP contribution in [0.5, 0.6) is 0 Å². The van der Waals surface area contributed by atoms with Gasteiger partial charge >= 0.3 is 6.18 Å². The van der Waals surface area contributed by atoms with E-state index in [1.807, 2.05) is 0 Å². The van der Waals surface area contributed by atoms with Gasteiger partial charge in [-0.1, -0.05) is 11.6 Å². The van der Waals surface area contributed by atoms with Crippen molar-refractivity contribution < 1.29 is 22.0 Å². The van der Waals surface area contributed by atoms with Gasteiger partial charge in [-0.05, 0) is 37.1 Å². The van der Waals surface area contributed by atoms with Crippen molar-refractivity contribution in [2.45, 2.75) is 44.8 Å². The first-order valence-electron chi connectivity index (χ1n) is 8.74. The molecule has 0 aliphatic rings. The third kappa shape index (κ3) is 5.31. The number of benzene rings is 1. The van der Waals surface area contributed by atoms with Crippen LogP contribution >= 0.6 is 11.6 Å². The van der Waals surface area contributed by atoms with Crippen molar-refractivity contribution in [1.29, 1.82) is 0 Å². The molecule has 0 saturated heterocycles. The molecule has 11 heteroatoms. The zero-order valence-electron chi connectivity index (χ0n) is 14.9. The Morgan fingerprint density at radius 1 is 1.10 bits per heavy atom. The van der Waals surface area contributed by atoms with E-state index in [2.05, 4.69) is 15.0 Å². The maximum absolute atomic E-state index is 13.2. The van der Waals surface area contributed by atoms with Gasteiger partial charge in [-0.2, -0.15) is 13.2 Å². The van der Waals surface area contributed by atoms with E-state index >= 15 is 0 Å². The molecule has 0 saturated carbocycles. The molecule has 1 aromatic carbocycles. The number of fused-ring (bicyclic) bond motifs is 1. The number of aromatic nitrogens is 4. The summed E-state index contributed by atoms with van der Waals surface area (Å²) in [6, 6.07) is 6.29. The van der Waals surface area contributed by atoms with Crippen molar-refractivity contribution in [2.24, 2.45) is 0 Å². The average molecular weight is 435 g/mol. The molecule has 0 aliphatic carbocycles. The number of H-pyrrole nitrogens is 1. The second-order valence-corrected chi connectivity index (χ2v) is 6.89. The van der Waals surface area contributed by atoms with E-state index in [4.69, 9.17) is 11.6 Å². The zero-order chi connectivity index (χ0) is 21.2. The molecule has 2 heterocycles. The lowest BCUT2D eigenvalue weighted by atomic mass is 10.2. The van der Waals surface area contributed by atoms with Crippen LogP contribution in [0.4, 0.5) is 22.0 Å². The number of hydrogen-bond acceptors (Lipinski definition) is 3. The predicted molar refractivity (Wildman–Crippen MR) is 98.2 cm³/mol. The summed E-state index contributed by atoms with van der Waals surface area (Å²) in [6.45, 7) is -0.738. The van der Waals surface area contributed by atoms with Gasteiger partial charge in [-0.15, -0.1) is 0 Å². The third-order valence-electron chi connectivity index (χ3n) is 4.20. The van der Waals surface area contributed by atoms with Crippen LogP contribution in [-0.2, 0) is 13.0 Å². The molecule has 29 heavy (non-hydrogen) atoms. The molecule has 0 radical (unpaired) electrons. The van der Waals surface area contributed by atoms with Crippen molar-refractivity contribution in [3.05, 3.63) is 45.5 Å². The maximum atomic E-state index is 13.2. The van der Waals surface area contributed by atoms with Crippen LogP contribution in [0.3, 0.4) is 0 Å². The van der Waals surface area contributed by atoms with Crippen molar-refractivity contribution in [2.75, 3.05) is 0 Å². The third-order valence-corrected chi connectivity index (χ3v) is 4.45. The minimum absolute atomic E-state index is 0.0372. The molecule has 1 N–H and O–H groups in total. The first-order chi connectivity index (χ1) is 13.6. The molecule has 0 fully saturated rings. The van der Waals surface area contributed by atoms with E-state index in [1.165, 1.54) is 0 Å². The minimum atomic E-state index is -4.26. The molecule has 3 rings (SSSR count). The normalized spacial score (nSPS) is 12.2. The Labute approximate surface area is 166 Å². The van der Waals surface area contributed by atoms with Crippen molar-refractivity contribution >= 4 is 22.8 Å². The monoisotopic (exact) mass is 434 g/mol. The maximum Gasteiger partial charge on any atom is 0.389 e. The topological polar surface area (TPSA) is 63.6 Å². The molecule has 0 bridgehead atoms. The molecule has 0 amide bonds. The minimum Gasteiger partial charge on any atom is -0.309 e. The number of unbranched alkanes of at least 4 members (excludes halogenated alkanes) is 1. The number of aryl methyl sites for hydroxylation is 1. The Balaban J connectivity index is 1.98. The van der Waals surface area contributed by atoms with Crippen LogP contribution in [0.25, 0.3) is 22.6 Å². The lowest BCUT2D eigenvalue weighted by molar-refractivity contribution is -0.135. The van der Waals surface area contributed by atoms with Crippen LogP contribution in [-0.4, -0.2) is 32.1 Å². The quantitative estimate of drug-likeness (QED) is 0.421. The van der Waals surface area contributed by atoms with E-state index in [0.717, 1.165) is 4.57 Å². The lowest BCUT2D eigenvalue weighted by Gasteiger charge is -2.09. The number of nitrogens with one attached hydrogen (secondary N) is 1. The number of aromatic amines is 1. The molecule has 156 valence electrons. The number of imidazole rings is 1. The zero-order valence-corrected chi connectivity index (χ0v) is 15.7. The summed E-state index contributed by atoms with van der Waals surface area (Å²) in [5.41, 5.74) is -0.317. The summed E-state index contributed by atoms with van der Waals surface area (Å²) >= 11 is 5.85. The highest BCUT2D eigenvalue weighted by Gasteiger charge is 2.26. The lowest BCUT2D eigenvalue weighted by Crippen LogP contribution is -2.15. The molecule has 0 unspecified atom stereocenters. The van der Waals surface area contributed by atoms with Gasteiger partial charge in [0.2, 0.25) is 0 Å². The summed E-state index contributed by atoms with van der Waals surface area (Å²) in [5, 5.41) is 0.447. The van der Waals surface area contributed by atoms with Gasteiger partial charge < -0.3 is 9.55 Å². The Bertz CT molecular complexity index is 1040. The number of rotatable bonds is 7. The van der Waals surface area contributed by atoms with Crippen molar-refractivity contribution in [3.63, 3.8) is 0 Å². The van der Waals surface area contributed by atoms with Crippen LogP contribution in [0.1, 0.15) is 25.1 Å². The first-order valence-corrected chi connectivity index (χ1v) is 9.12. The fraction of sp³-hybridized carbons (Fsp3) is 0.389. The van der Waals surface area contributed by atoms with Gasteiger partial charge in [0, 0.05) is 23.4 Å². The van der Waals surface area contributed by atoms with Gasteiger partial charge in [0.25, 0.3) is 12.0 Å². The first kappa shape index (κ1) is 21.2. The fourth-order valence-corrected chi connectivity index (χ4v) is 3.05. The summed E-state index contributed by atoms with van der Waals surface area (Å²) in [4.78, 5) is 23.2. The van der Waals surface area contributed by atoms with E-state index < -0.39 is 31.1 Å². The molecular weight excluding hydrogens is 419 g/mol. The summed E-state index contributed by atoms with van der Waals surface area (Å²) in [7, 11) is 0. The van der Waals surface area contributed by atoms with Gasteiger partial charge in [-0.25, -0.2) is 18.7 Å². The van der Waals surface area contributed by atoms with E-state index in [9.17, 15) is 26.7 Å². The molecule has 5 nitrogen and oxygen atoms in total. The molecule has 3 aromatic rings. The summed E-state index contributed by atoms with van der Waals surface area (Å²) in [6.07, 6.45) is -7.83. The Morgan fingerprint density at radius 2 is 1.79 bits per heavy atom. The Kier molecular flexibility index (Phi) is 6.21. The fourth-order valence-electron chi connectivity index (χ4n) is 2.92. The van der Waals surface area contributed by atoms with Gasteiger partial charge in [0.1, 0.15) is 11.6 Å². The smallest absolute Gasteiger partial charge is 0.309 e. The van der Waals surface area contributed by atoms with Crippen LogP contribution in [0.15, 0.2) is 29.1 Å². The van der Waals surface area contributed by atoms with Crippen molar-refractivity contribution in [3.8, 4) is 11.4 Å². The number of nitrogens with zero attached hydrogens (tertiary/aromatic N) is 3. The van der Waals surface area contributed by atoms with Gasteiger partial charge in [0.05, 0.1) is 6.54 Å². The highest BCUT2D eigenvalue weighted by molar-refractivity contribution is 6.30. The van der Waals surface area contributed by atoms with E-state index in [-0.39, 0.29) is 42.1 Å². The molecular formula is C18H16ClF5N4O. The Hall–Kier alpha value is -2.49. The second-order valence-electron chi connectivity index (χ2n) is 6.45. The van der Waals surface area contributed by atoms with Crippen LogP contribution in [0.2, 0.25) is 5.02 Å². The Morgan fingerprint density at radius 3 is 2.41 bits per heavy atom. The predicted octanol–water partition coefficient (Wildman–Crippen LogP) is 4.98. The molecule has 0 atom stereocenters. The highest BCUT2D eigenvalue weighted by atomic mass is 35.5. The van der Waals surface area contributed by atoms with Crippen LogP contribution in [0, 0.1) is 0 Å². The molecule has 0 spiro atoms. The number of hydrogen-bond donors (Lipinski definition) is 1. The molecule has 0 aliphatic heterocycles. The number of alkyl halides is 5. The molecule has 2 aromatic heterocycles. The van der Waals surface area contributed by atoms with Crippen LogP contribution < -0.4 is 5.56 Å². The van der Waals surface area contributed by atoms with E-state index in [0.29, 0.717) is 10.6 Å². The van der Waals surface area contributed by atoms with Gasteiger partial charge in [-0.3, -0.25) is 4.79 Å². The largest absolute Gasteiger partial charge is 0.389 e.